The molecule has 1 amide bonds. The normalized spacial score (nSPS) is 24.1. The monoisotopic (exact) mass is 338 g/mol. The Morgan fingerprint density at radius 1 is 1.35 bits per heavy atom. The lowest BCUT2D eigenvalue weighted by Gasteiger charge is -2.28. The number of carbonyl (C=O) groups excluding carboxylic acids is 1. The molecule has 2 rings (SSSR count). The average Bonchev–Trinajstić information content (AvgIpc) is 2.47. The first-order chi connectivity index (χ1) is 9.61. The number of benzene rings is 1. The Bertz CT molecular complexity index is 456. The van der Waals surface area contributed by atoms with Gasteiger partial charge in [0.05, 0.1) is 6.04 Å². The molecule has 0 aromatic heterocycles. The van der Waals surface area contributed by atoms with E-state index in [1.165, 1.54) is 0 Å². The topological polar surface area (TPSA) is 55.1 Å². The van der Waals surface area contributed by atoms with Crippen LogP contribution in [-0.2, 0) is 4.79 Å². The molecule has 0 heterocycles. The third kappa shape index (κ3) is 3.83. The molecule has 0 unspecified atom stereocenters. The SMILES string of the molecule is C[C@@H](NC(=O)C1CCC(CN)CC1)c1ccccc1Br. The minimum Gasteiger partial charge on any atom is -0.349 e. The van der Waals surface area contributed by atoms with Crippen LogP contribution in [0.15, 0.2) is 28.7 Å². The van der Waals surface area contributed by atoms with Crippen molar-refractivity contribution in [3.8, 4) is 0 Å². The van der Waals surface area contributed by atoms with Crippen LogP contribution >= 0.6 is 15.9 Å². The molecule has 0 saturated heterocycles. The number of nitrogens with one attached hydrogen (secondary N) is 1. The summed E-state index contributed by atoms with van der Waals surface area (Å²) < 4.78 is 1.04. The van der Waals surface area contributed by atoms with Crippen LogP contribution in [0.5, 0.6) is 0 Å². The van der Waals surface area contributed by atoms with Crippen LogP contribution in [0.3, 0.4) is 0 Å². The lowest BCUT2D eigenvalue weighted by Crippen LogP contribution is -2.35. The third-order valence-corrected chi connectivity index (χ3v) is 5.00. The minimum atomic E-state index is 0.0327. The van der Waals surface area contributed by atoms with Crippen molar-refractivity contribution in [1.29, 1.82) is 0 Å². The number of halogens is 1. The first kappa shape index (κ1) is 15.5. The van der Waals surface area contributed by atoms with Crippen LogP contribution in [0.4, 0.5) is 0 Å². The van der Waals surface area contributed by atoms with E-state index in [4.69, 9.17) is 5.73 Å². The van der Waals surface area contributed by atoms with Crippen molar-refractivity contribution in [2.45, 2.75) is 38.6 Å². The van der Waals surface area contributed by atoms with Gasteiger partial charge in [0.25, 0.3) is 0 Å². The molecular weight excluding hydrogens is 316 g/mol. The van der Waals surface area contributed by atoms with E-state index in [1.807, 2.05) is 31.2 Å². The van der Waals surface area contributed by atoms with Gasteiger partial charge in [0.1, 0.15) is 0 Å². The molecule has 1 atom stereocenters. The maximum Gasteiger partial charge on any atom is 0.223 e. The fourth-order valence-electron chi connectivity index (χ4n) is 2.90. The smallest absolute Gasteiger partial charge is 0.223 e. The Hall–Kier alpha value is -0.870. The molecule has 0 aliphatic heterocycles. The number of nitrogens with two attached hydrogens (primary N) is 1. The molecule has 1 saturated carbocycles. The molecule has 1 aromatic carbocycles. The van der Waals surface area contributed by atoms with Gasteiger partial charge < -0.3 is 11.1 Å². The van der Waals surface area contributed by atoms with E-state index in [-0.39, 0.29) is 17.9 Å². The molecule has 110 valence electrons. The lowest BCUT2D eigenvalue weighted by molar-refractivity contribution is -0.126. The van der Waals surface area contributed by atoms with Crippen LogP contribution in [0.2, 0.25) is 0 Å². The number of carbonyl (C=O) groups is 1. The maximum absolute atomic E-state index is 12.3. The van der Waals surface area contributed by atoms with Crippen molar-refractivity contribution in [2.24, 2.45) is 17.6 Å². The summed E-state index contributed by atoms with van der Waals surface area (Å²) in [5, 5.41) is 3.14. The van der Waals surface area contributed by atoms with Crippen LogP contribution in [0, 0.1) is 11.8 Å². The lowest BCUT2D eigenvalue weighted by atomic mass is 9.81. The molecule has 0 radical (unpaired) electrons. The summed E-state index contributed by atoms with van der Waals surface area (Å²) in [6.07, 6.45) is 4.10. The van der Waals surface area contributed by atoms with Crippen LogP contribution in [-0.4, -0.2) is 12.5 Å². The van der Waals surface area contributed by atoms with Crippen molar-refractivity contribution in [3.05, 3.63) is 34.3 Å². The van der Waals surface area contributed by atoms with Gasteiger partial charge in [0.15, 0.2) is 0 Å². The Balaban J connectivity index is 1.90. The molecule has 1 aliphatic carbocycles. The van der Waals surface area contributed by atoms with E-state index in [1.54, 1.807) is 0 Å². The van der Waals surface area contributed by atoms with E-state index in [0.717, 1.165) is 42.3 Å². The third-order valence-electron chi connectivity index (χ3n) is 4.28. The molecule has 1 aliphatic rings. The van der Waals surface area contributed by atoms with Gasteiger partial charge >= 0.3 is 0 Å². The summed E-state index contributed by atoms with van der Waals surface area (Å²) in [4.78, 5) is 12.3. The van der Waals surface area contributed by atoms with E-state index in [2.05, 4.69) is 21.2 Å². The summed E-state index contributed by atoms with van der Waals surface area (Å²) in [6.45, 7) is 2.78. The summed E-state index contributed by atoms with van der Waals surface area (Å²) >= 11 is 3.53. The van der Waals surface area contributed by atoms with Gasteiger partial charge in [-0.25, -0.2) is 0 Å². The Kier molecular flexibility index (Phi) is 5.61. The minimum absolute atomic E-state index is 0.0327. The van der Waals surface area contributed by atoms with Crippen LogP contribution in [0.25, 0.3) is 0 Å². The Morgan fingerprint density at radius 3 is 2.60 bits per heavy atom. The van der Waals surface area contributed by atoms with Crippen LogP contribution < -0.4 is 11.1 Å². The highest BCUT2D eigenvalue weighted by Crippen LogP contribution is 2.29. The second kappa shape index (κ2) is 7.23. The molecule has 3 nitrogen and oxygen atoms in total. The molecule has 1 aromatic rings. The maximum atomic E-state index is 12.3. The van der Waals surface area contributed by atoms with E-state index in [9.17, 15) is 4.79 Å². The fourth-order valence-corrected chi connectivity index (χ4v) is 3.52. The summed E-state index contributed by atoms with van der Waals surface area (Å²) in [5.41, 5.74) is 6.81. The molecule has 20 heavy (non-hydrogen) atoms. The summed E-state index contributed by atoms with van der Waals surface area (Å²) in [5.74, 6) is 0.950. The number of amides is 1. The van der Waals surface area contributed by atoms with Crippen LogP contribution in [0.1, 0.15) is 44.2 Å². The fraction of sp³-hybridized carbons (Fsp3) is 0.562. The van der Waals surface area contributed by atoms with Gasteiger partial charge in [-0.1, -0.05) is 34.1 Å². The zero-order chi connectivity index (χ0) is 14.5. The molecule has 4 heteroatoms. The Morgan fingerprint density at radius 2 is 2.00 bits per heavy atom. The highest BCUT2D eigenvalue weighted by atomic mass is 79.9. The summed E-state index contributed by atoms with van der Waals surface area (Å²) in [6, 6.07) is 8.06. The molecule has 0 bridgehead atoms. The first-order valence-electron chi connectivity index (χ1n) is 7.36. The predicted molar refractivity (Wildman–Crippen MR) is 85.2 cm³/mol. The van der Waals surface area contributed by atoms with Gasteiger partial charge in [-0.3, -0.25) is 4.79 Å². The van der Waals surface area contributed by atoms with Crippen molar-refractivity contribution >= 4 is 21.8 Å². The second-order valence-corrected chi connectivity index (χ2v) is 6.56. The molecule has 0 spiro atoms. The molecule has 1 fully saturated rings. The van der Waals surface area contributed by atoms with E-state index in [0.29, 0.717) is 5.92 Å². The number of hydrogen-bond donors (Lipinski definition) is 2. The van der Waals surface area contributed by atoms with Gasteiger partial charge in [-0.2, -0.15) is 0 Å². The van der Waals surface area contributed by atoms with Gasteiger partial charge in [-0.15, -0.1) is 0 Å². The predicted octanol–water partition coefficient (Wildman–Crippen LogP) is 3.39. The molecular formula is C16H23BrN2O. The zero-order valence-corrected chi connectivity index (χ0v) is 13.5. The molecule has 3 N–H and O–H groups in total. The summed E-state index contributed by atoms with van der Waals surface area (Å²) in [7, 11) is 0. The Labute approximate surface area is 129 Å². The number of hydrogen-bond acceptors (Lipinski definition) is 2. The first-order valence-corrected chi connectivity index (χ1v) is 8.16. The van der Waals surface area contributed by atoms with Gasteiger partial charge in [0, 0.05) is 10.4 Å². The van der Waals surface area contributed by atoms with Crippen molar-refractivity contribution < 1.29 is 4.79 Å². The van der Waals surface area contributed by atoms with Crippen molar-refractivity contribution in [2.75, 3.05) is 6.54 Å². The highest BCUT2D eigenvalue weighted by molar-refractivity contribution is 9.10. The van der Waals surface area contributed by atoms with Gasteiger partial charge in [0.2, 0.25) is 5.91 Å². The second-order valence-electron chi connectivity index (χ2n) is 5.71. The van der Waals surface area contributed by atoms with Crippen molar-refractivity contribution in [1.82, 2.24) is 5.32 Å². The quantitative estimate of drug-likeness (QED) is 0.883. The largest absolute Gasteiger partial charge is 0.349 e. The van der Waals surface area contributed by atoms with Gasteiger partial charge in [-0.05, 0) is 56.7 Å². The average molecular weight is 339 g/mol. The standard InChI is InChI=1S/C16H23BrN2O/c1-11(14-4-2-3-5-15(14)17)19-16(20)13-8-6-12(10-18)7-9-13/h2-5,11-13H,6-10,18H2,1H3,(H,19,20)/t11-,12?,13?/m1/s1. The zero-order valence-electron chi connectivity index (χ0n) is 11.9. The number of rotatable bonds is 4. The highest BCUT2D eigenvalue weighted by Gasteiger charge is 2.26. The van der Waals surface area contributed by atoms with E-state index >= 15 is 0 Å². The van der Waals surface area contributed by atoms with Crippen molar-refractivity contribution in [3.63, 3.8) is 0 Å². The van der Waals surface area contributed by atoms with E-state index < -0.39 is 0 Å².